The van der Waals surface area contributed by atoms with Gasteiger partial charge in [0.15, 0.2) is 0 Å². The second kappa shape index (κ2) is 7.18. The molecule has 1 aromatic heterocycles. The summed E-state index contributed by atoms with van der Waals surface area (Å²) in [6.07, 6.45) is 1.20. The Bertz CT molecular complexity index is 960. The van der Waals surface area contributed by atoms with Gasteiger partial charge in [0.2, 0.25) is 5.95 Å². The summed E-state index contributed by atoms with van der Waals surface area (Å²) in [7, 11) is 0. The van der Waals surface area contributed by atoms with Crippen molar-refractivity contribution in [3.05, 3.63) is 77.6 Å². The molecule has 0 aliphatic rings. The molecule has 0 radical (unpaired) electrons. The van der Waals surface area contributed by atoms with Crippen molar-refractivity contribution in [1.29, 1.82) is 0 Å². The second-order valence-corrected chi connectivity index (χ2v) is 5.07. The van der Waals surface area contributed by atoms with E-state index in [0.717, 1.165) is 30.3 Å². The summed E-state index contributed by atoms with van der Waals surface area (Å²) in [5, 5.41) is 4.56. The molecule has 0 fully saturated rings. The average molecular weight is 362 g/mol. The Kier molecular flexibility index (Phi) is 4.78. The highest BCUT2D eigenvalue weighted by atomic mass is 19.1. The molecule has 0 spiro atoms. The molecule has 0 saturated heterocycles. The monoisotopic (exact) mass is 362 g/mol. The third-order valence-corrected chi connectivity index (χ3v) is 3.27. The van der Waals surface area contributed by atoms with Crippen LogP contribution in [0.1, 0.15) is 10.5 Å². The van der Waals surface area contributed by atoms with Crippen LogP contribution in [0, 0.1) is 23.3 Å². The zero-order valence-electron chi connectivity index (χ0n) is 12.9. The summed E-state index contributed by atoms with van der Waals surface area (Å²) in [4.78, 5) is 19.8. The van der Waals surface area contributed by atoms with Crippen LogP contribution in [0.5, 0.6) is 0 Å². The van der Waals surface area contributed by atoms with E-state index in [2.05, 4.69) is 20.6 Å². The second-order valence-electron chi connectivity index (χ2n) is 5.07. The normalized spacial score (nSPS) is 10.5. The standard InChI is InChI=1S/C17H10F4N4O/c18-9-4-5-13(12(21)8-9)23-17-22-7-6-14(24-17)16(26)25-15-10(19)2-1-3-11(15)20/h1-8H,(H,25,26)(H,22,23,24). The highest BCUT2D eigenvalue weighted by Crippen LogP contribution is 2.20. The number of nitrogens with one attached hydrogen (secondary N) is 2. The van der Waals surface area contributed by atoms with Crippen LogP contribution in [0.2, 0.25) is 0 Å². The minimum atomic E-state index is -0.945. The lowest BCUT2D eigenvalue weighted by molar-refractivity contribution is 0.102. The number of amides is 1. The number of nitrogens with zero attached hydrogens (tertiary/aromatic N) is 2. The van der Waals surface area contributed by atoms with Gasteiger partial charge in [0.25, 0.3) is 5.91 Å². The molecule has 26 heavy (non-hydrogen) atoms. The zero-order valence-corrected chi connectivity index (χ0v) is 12.9. The van der Waals surface area contributed by atoms with Gasteiger partial charge in [0, 0.05) is 12.3 Å². The molecular weight excluding hydrogens is 352 g/mol. The van der Waals surface area contributed by atoms with Gasteiger partial charge >= 0.3 is 0 Å². The van der Waals surface area contributed by atoms with Crippen molar-refractivity contribution in [2.45, 2.75) is 0 Å². The highest BCUT2D eigenvalue weighted by molar-refractivity contribution is 6.03. The lowest BCUT2D eigenvalue weighted by atomic mass is 10.2. The van der Waals surface area contributed by atoms with Crippen molar-refractivity contribution in [3.63, 3.8) is 0 Å². The predicted octanol–water partition coefficient (Wildman–Crippen LogP) is 4.03. The lowest BCUT2D eigenvalue weighted by Crippen LogP contribution is -2.16. The number of carbonyl (C=O) groups is 1. The van der Waals surface area contributed by atoms with Crippen LogP contribution in [0.3, 0.4) is 0 Å². The number of hydrogen-bond donors (Lipinski definition) is 2. The van der Waals surface area contributed by atoms with Crippen molar-refractivity contribution in [2.24, 2.45) is 0 Å². The van der Waals surface area contributed by atoms with E-state index < -0.39 is 34.9 Å². The van der Waals surface area contributed by atoms with Gasteiger partial charge in [-0.2, -0.15) is 0 Å². The van der Waals surface area contributed by atoms with Crippen molar-refractivity contribution in [2.75, 3.05) is 10.6 Å². The molecule has 0 atom stereocenters. The number of hydrogen-bond acceptors (Lipinski definition) is 4. The molecule has 3 rings (SSSR count). The van der Waals surface area contributed by atoms with Gasteiger partial charge in [-0.05, 0) is 30.3 Å². The molecule has 0 aliphatic carbocycles. The Morgan fingerprint density at radius 1 is 0.923 bits per heavy atom. The lowest BCUT2D eigenvalue weighted by Gasteiger charge is -2.09. The molecule has 0 bridgehead atoms. The zero-order chi connectivity index (χ0) is 18.7. The fraction of sp³-hybridized carbons (Fsp3) is 0. The van der Waals surface area contributed by atoms with Crippen LogP contribution in [0.15, 0.2) is 48.7 Å². The van der Waals surface area contributed by atoms with Crippen LogP contribution in [0.25, 0.3) is 0 Å². The third kappa shape index (κ3) is 3.77. The van der Waals surface area contributed by atoms with Crippen molar-refractivity contribution in [3.8, 4) is 0 Å². The van der Waals surface area contributed by atoms with Gasteiger partial charge in [-0.15, -0.1) is 0 Å². The summed E-state index contributed by atoms with van der Waals surface area (Å²) in [5.74, 6) is -4.57. The Balaban J connectivity index is 1.81. The van der Waals surface area contributed by atoms with Gasteiger partial charge in [0.05, 0.1) is 5.69 Å². The summed E-state index contributed by atoms with van der Waals surface area (Å²) in [5.41, 5.74) is -0.938. The van der Waals surface area contributed by atoms with Crippen molar-refractivity contribution in [1.82, 2.24) is 9.97 Å². The molecule has 3 aromatic rings. The molecule has 1 heterocycles. The van der Waals surface area contributed by atoms with E-state index in [-0.39, 0.29) is 17.3 Å². The van der Waals surface area contributed by atoms with Crippen molar-refractivity contribution < 1.29 is 22.4 Å². The van der Waals surface area contributed by atoms with Crippen LogP contribution in [-0.4, -0.2) is 15.9 Å². The molecule has 0 unspecified atom stereocenters. The first kappa shape index (κ1) is 17.3. The van der Waals surface area contributed by atoms with Crippen LogP contribution in [0.4, 0.5) is 34.9 Å². The van der Waals surface area contributed by atoms with Gasteiger partial charge in [-0.1, -0.05) is 6.07 Å². The third-order valence-electron chi connectivity index (χ3n) is 3.27. The number of carbonyl (C=O) groups excluding carboxylic acids is 1. The summed E-state index contributed by atoms with van der Waals surface area (Å²) in [6, 6.07) is 7.18. The van der Waals surface area contributed by atoms with E-state index in [1.54, 1.807) is 0 Å². The topological polar surface area (TPSA) is 66.9 Å². The van der Waals surface area contributed by atoms with E-state index in [9.17, 15) is 22.4 Å². The van der Waals surface area contributed by atoms with E-state index in [1.807, 2.05) is 0 Å². The maximum absolute atomic E-state index is 13.7. The average Bonchev–Trinajstić information content (AvgIpc) is 2.61. The first-order valence-corrected chi connectivity index (χ1v) is 7.24. The molecule has 2 aromatic carbocycles. The maximum atomic E-state index is 13.7. The molecule has 0 saturated carbocycles. The Labute approximate surface area is 144 Å². The van der Waals surface area contributed by atoms with Gasteiger partial charge < -0.3 is 10.6 Å². The predicted molar refractivity (Wildman–Crippen MR) is 86.0 cm³/mol. The first-order valence-electron chi connectivity index (χ1n) is 7.24. The molecular formula is C17H10F4N4O. The fourth-order valence-corrected chi connectivity index (χ4v) is 2.05. The molecule has 2 N–H and O–H groups in total. The first-order chi connectivity index (χ1) is 12.4. The fourth-order valence-electron chi connectivity index (χ4n) is 2.05. The van der Waals surface area contributed by atoms with E-state index >= 15 is 0 Å². The molecule has 5 nitrogen and oxygen atoms in total. The van der Waals surface area contributed by atoms with Crippen LogP contribution >= 0.6 is 0 Å². The molecule has 132 valence electrons. The number of rotatable bonds is 4. The van der Waals surface area contributed by atoms with E-state index in [0.29, 0.717) is 6.07 Å². The Hall–Kier alpha value is -3.49. The Morgan fingerprint density at radius 2 is 1.65 bits per heavy atom. The molecule has 1 amide bonds. The summed E-state index contributed by atoms with van der Waals surface area (Å²) in [6.45, 7) is 0. The Morgan fingerprint density at radius 3 is 2.35 bits per heavy atom. The number of halogens is 4. The quantitative estimate of drug-likeness (QED) is 0.688. The van der Waals surface area contributed by atoms with E-state index in [4.69, 9.17) is 0 Å². The van der Waals surface area contributed by atoms with Gasteiger partial charge in [0.1, 0.15) is 34.7 Å². The van der Waals surface area contributed by atoms with E-state index in [1.165, 1.54) is 12.3 Å². The van der Waals surface area contributed by atoms with Gasteiger partial charge in [-0.25, -0.2) is 27.5 Å². The number of anilines is 3. The van der Waals surface area contributed by atoms with Crippen molar-refractivity contribution >= 4 is 23.2 Å². The SMILES string of the molecule is O=C(Nc1c(F)cccc1F)c1ccnc(Nc2ccc(F)cc2F)n1. The van der Waals surface area contributed by atoms with Crippen LogP contribution in [-0.2, 0) is 0 Å². The number of benzene rings is 2. The largest absolute Gasteiger partial charge is 0.322 e. The number of para-hydroxylation sites is 1. The minimum Gasteiger partial charge on any atom is -0.322 e. The summed E-state index contributed by atoms with van der Waals surface area (Å²) < 4.78 is 53.8. The van der Waals surface area contributed by atoms with Crippen LogP contribution < -0.4 is 10.6 Å². The number of aromatic nitrogens is 2. The smallest absolute Gasteiger partial charge is 0.274 e. The molecule has 9 heteroatoms. The highest BCUT2D eigenvalue weighted by Gasteiger charge is 2.15. The summed E-state index contributed by atoms with van der Waals surface area (Å²) >= 11 is 0. The minimum absolute atomic E-state index is 0.107. The van der Waals surface area contributed by atoms with Gasteiger partial charge in [-0.3, -0.25) is 4.79 Å². The maximum Gasteiger partial charge on any atom is 0.274 e. The molecule has 0 aliphatic heterocycles.